The summed E-state index contributed by atoms with van der Waals surface area (Å²) in [5.41, 5.74) is 0.115. The fourth-order valence-electron chi connectivity index (χ4n) is 1.62. The van der Waals surface area contributed by atoms with Gasteiger partial charge in [0, 0.05) is 11.8 Å². The standard InChI is InChI=1S/C13H6F3N3O/c14-8-4-3-7(6-10(8)16)13-18-12(19-20-13)11-9(15)2-1-5-17-11/h1-6H. The van der Waals surface area contributed by atoms with Crippen molar-refractivity contribution in [3.63, 3.8) is 0 Å². The van der Waals surface area contributed by atoms with Crippen LogP contribution in [0.3, 0.4) is 0 Å². The highest BCUT2D eigenvalue weighted by molar-refractivity contribution is 5.57. The largest absolute Gasteiger partial charge is 0.334 e. The molecule has 100 valence electrons. The average molecular weight is 277 g/mol. The second kappa shape index (κ2) is 4.76. The molecule has 0 saturated heterocycles. The molecule has 0 aliphatic rings. The van der Waals surface area contributed by atoms with Crippen molar-refractivity contribution in [3.8, 4) is 23.0 Å². The number of nitrogens with zero attached hydrogens (tertiary/aromatic N) is 3. The quantitative estimate of drug-likeness (QED) is 0.721. The molecule has 0 atom stereocenters. The van der Waals surface area contributed by atoms with E-state index in [1.54, 1.807) is 0 Å². The normalized spacial score (nSPS) is 10.8. The Balaban J connectivity index is 2.02. The van der Waals surface area contributed by atoms with E-state index in [0.717, 1.165) is 12.1 Å². The Bertz CT molecular complexity index is 773. The van der Waals surface area contributed by atoms with Crippen LogP contribution in [0.4, 0.5) is 13.2 Å². The van der Waals surface area contributed by atoms with Gasteiger partial charge in [0.15, 0.2) is 17.5 Å². The Morgan fingerprint density at radius 1 is 0.950 bits per heavy atom. The van der Waals surface area contributed by atoms with Crippen molar-refractivity contribution in [2.75, 3.05) is 0 Å². The summed E-state index contributed by atoms with van der Waals surface area (Å²) >= 11 is 0. The van der Waals surface area contributed by atoms with Crippen LogP contribution in [-0.2, 0) is 0 Å². The van der Waals surface area contributed by atoms with Gasteiger partial charge in [-0.15, -0.1) is 0 Å². The van der Waals surface area contributed by atoms with Gasteiger partial charge in [-0.3, -0.25) is 0 Å². The number of hydrogen-bond acceptors (Lipinski definition) is 4. The molecule has 2 aromatic heterocycles. The van der Waals surface area contributed by atoms with Crippen molar-refractivity contribution in [3.05, 3.63) is 54.0 Å². The molecule has 0 saturated carbocycles. The molecule has 0 aliphatic carbocycles. The van der Waals surface area contributed by atoms with E-state index in [-0.39, 0.29) is 23.0 Å². The first kappa shape index (κ1) is 12.3. The van der Waals surface area contributed by atoms with Crippen molar-refractivity contribution >= 4 is 0 Å². The molecule has 0 spiro atoms. The van der Waals surface area contributed by atoms with Gasteiger partial charge in [0.1, 0.15) is 5.69 Å². The van der Waals surface area contributed by atoms with Crippen LogP contribution < -0.4 is 0 Å². The third-order valence-corrected chi connectivity index (χ3v) is 2.56. The molecular weight excluding hydrogens is 271 g/mol. The monoisotopic (exact) mass is 277 g/mol. The van der Waals surface area contributed by atoms with Gasteiger partial charge in [0.05, 0.1) is 0 Å². The summed E-state index contributed by atoms with van der Waals surface area (Å²) in [7, 11) is 0. The summed E-state index contributed by atoms with van der Waals surface area (Å²) in [5.74, 6) is -2.74. The Morgan fingerprint density at radius 2 is 1.80 bits per heavy atom. The average Bonchev–Trinajstić information content (AvgIpc) is 2.92. The number of rotatable bonds is 2. The fraction of sp³-hybridized carbons (Fsp3) is 0. The third-order valence-electron chi connectivity index (χ3n) is 2.56. The Hall–Kier alpha value is -2.70. The fourth-order valence-corrected chi connectivity index (χ4v) is 1.62. The molecule has 0 radical (unpaired) electrons. The van der Waals surface area contributed by atoms with Crippen LogP contribution in [0.25, 0.3) is 23.0 Å². The molecule has 0 aliphatic heterocycles. The lowest BCUT2D eigenvalue weighted by atomic mass is 10.2. The Kier molecular flexibility index (Phi) is 2.94. The molecule has 0 N–H and O–H groups in total. The smallest absolute Gasteiger partial charge is 0.258 e. The van der Waals surface area contributed by atoms with Gasteiger partial charge < -0.3 is 4.52 Å². The molecule has 20 heavy (non-hydrogen) atoms. The molecule has 4 nitrogen and oxygen atoms in total. The van der Waals surface area contributed by atoms with Crippen LogP contribution in [0, 0.1) is 17.5 Å². The predicted molar refractivity (Wildman–Crippen MR) is 62.8 cm³/mol. The van der Waals surface area contributed by atoms with Gasteiger partial charge >= 0.3 is 0 Å². The van der Waals surface area contributed by atoms with Crippen LogP contribution in [0.15, 0.2) is 41.1 Å². The first-order valence-corrected chi connectivity index (χ1v) is 5.55. The van der Waals surface area contributed by atoms with Gasteiger partial charge in [-0.25, -0.2) is 18.2 Å². The topological polar surface area (TPSA) is 51.8 Å². The van der Waals surface area contributed by atoms with Gasteiger partial charge in [0.2, 0.25) is 5.82 Å². The van der Waals surface area contributed by atoms with E-state index in [0.29, 0.717) is 0 Å². The highest BCUT2D eigenvalue weighted by atomic mass is 19.2. The second-order valence-corrected chi connectivity index (χ2v) is 3.89. The molecule has 0 fully saturated rings. The molecule has 3 rings (SSSR count). The van der Waals surface area contributed by atoms with E-state index in [1.807, 2.05) is 0 Å². The van der Waals surface area contributed by atoms with E-state index in [9.17, 15) is 13.2 Å². The van der Waals surface area contributed by atoms with E-state index in [2.05, 4.69) is 15.1 Å². The van der Waals surface area contributed by atoms with Gasteiger partial charge in [-0.1, -0.05) is 5.16 Å². The molecule has 3 aromatic rings. The maximum absolute atomic E-state index is 13.5. The Morgan fingerprint density at radius 3 is 2.55 bits per heavy atom. The second-order valence-electron chi connectivity index (χ2n) is 3.89. The first-order chi connectivity index (χ1) is 9.65. The zero-order chi connectivity index (χ0) is 14.1. The van der Waals surface area contributed by atoms with Crippen LogP contribution in [0.5, 0.6) is 0 Å². The molecule has 7 heteroatoms. The third kappa shape index (κ3) is 2.13. The minimum atomic E-state index is -1.04. The predicted octanol–water partition coefficient (Wildman–Crippen LogP) is 3.22. The van der Waals surface area contributed by atoms with Gasteiger partial charge in [0.25, 0.3) is 5.89 Å². The highest BCUT2D eigenvalue weighted by Crippen LogP contribution is 2.23. The maximum atomic E-state index is 13.5. The zero-order valence-electron chi connectivity index (χ0n) is 9.85. The molecular formula is C13H6F3N3O. The van der Waals surface area contributed by atoms with Crippen molar-refractivity contribution in [1.82, 2.24) is 15.1 Å². The maximum Gasteiger partial charge on any atom is 0.258 e. The molecule has 0 bridgehead atoms. The summed E-state index contributed by atoms with van der Waals surface area (Å²) in [6.45, 7) is 0. The lowest BCUT2D eigenvalue weighted by Gasteiger charge is -1.95. The van der Waals surface area contributed by atoms with Crippen LogP contribution in [0.2, 0.25) is 0 Å². The van der Waals surface area contributed by atoms with E-state index in [1.165, 1.54) is 24.4 Å². The van der Waals surface area contributed by atoms with E-state index < -0.39 is 17.5 Å². The number of hydrogen-bond donors (Lipinski definition) is 0. The van der Waals surface area contributed by atoms with E-state index in [4.69, 9.17) is 4.52 Å². The highest BCUT2D eigenvalue weighted by Gasteiger charge is 2.16. The SMILES string of the molecule is Fc1ccc(-c2nc(-c3ncccc3F)no2)cc1F. The van der Waals surface area contributed by atoms with Crippen molar-refractivity contribution in [2.45, 2.75) is 0 Å². The number of halogens is 3. The first-order valence-electron chi connectivity index (χ1n) is 5.55. The number of pyridine rings is 1. The van der Waals surface area contributed by atoms with Crippen molar-refractivity contribution < 1.29 is 17.7 Å². The number of benzene rings is 1. The summed E-state index contributed by atoms with van der Waals surface area (Å²) in [4.78, 5) is 7.71. The van der Waals surface area contributed by atoms with Gasteiger partial charge in [-0.05, 0) is 30.3 Å². The molecule has 0 amide bonds. The Labute approximate surface area is 110 Å². The zero-order valence-corrected chi connectivity index (χ0v) is 9.85. The lowest BCUT2D eigenvalue weighted by Crippen LogP contribution is -1.90. The molecule has 2 heterocycles. The van der Waals surface area contributed by atoms with Crippen LogP contribution >= 0.6 is 0 Å². The molecule has 0 unspecified atom stereocenters. The van der Waals surface area contributed by atoms with E-state index >= 15 is 0 Å². The van der Waals surface area contributed by atoms with Crippen molar-refractivity contribution in [1.29, 1.82) is 0 Å². The number of aromatic nitrogens is 3. The van der Waals surface area contributed by atoms with Crippen LogP contribution in [0.1, 0.15) is 0 Å². The summed E-state index contributed by atoms with van der Waals surface area (Å²) in [6, 6.07) is 5.77. The minimum Gasteiger partial charge on any atom is -0.334 e. The minimum absolute atomic E-state index is 0.0519. The molecule has 1 aromatic carbocycles. The lowest BCUT2D eigenvalue weighted by molar-refractivity contribution is 0.430. The van der Waals surface area contributed by atoms with Crippen molar-refractivity contribution in [2.24, 2.45) is 0 Å². The summed E-state index contributed by atoms with van der Waals surface area (Å²) in [5, 5.41) is 3.57. The van der Waals surface area contributed by atoms with Crippen LogP contribution in [-0.4, -0.2) is 15.1 Å². The van der Waals surface area contributed by atoms with Gasteiger partial charge in [-0.2, -0.15) is 4.98 Å². The summed E-state index contributed by atoms with van der Waals surface area (Å²) < 4.78 is 44.4. The summed E-state index contributed by atoms with van der Waals surface area (Å²) in [6.07, 6.45) is 1.38.